The first kappa shape index (κ1) is 9.88. The molecule has 0 unspecified atom stereocenters. The summed E-state index contributed by atoms with van der Waals surface area (Å²) in [7, 11) is 0. The minimum absolute atomic E-state index is 0.253. The average molecular weight is 147 g/mol. The summed E-state index contributed by atoms with van der Waals surface area (Å²) in [4.78, 5) is 0. The molecule has 0 aromatic heterocycles. The first-order valence-electron chi connectivity index (χ1n) is 3.50. The highest BCUT2D eigenvalue weighted by Gasteiger charge is 2.03. The van der Waals surface area contributed by atoms with Crippen LogP contribution in [0.5, 0.6) is 0 Å². The third kappa shape index (κ3) is 6.01. The quantitative estimate of drug-likeness (QED) is 0.608. The van der Waals surface area contributed by atoms with Crippen molar-refractivity contribution in [2.24, 2.45) is 0 Å². The summed E-state index contributed by atoms with van der Waals surface area (Å²) < 4.78 is 9.85. The molecule has 0 saturated heterocycles. The smallest absolute Gasteiger partial charge is 0.144 e. The van der Waals surface area contributed by atoms with Crippen LogP contribution in [-0.2, 0) is 9.47 Å². The van der Waals surface area contributed by atoms with E-state index in [4.69, 9.17) is 14.6 Å². The number of hydrogen-bond donors (Lipinski definition) is 1. The van der Waals surface area contributed by atoms with E-state index in [1.807, 2.05) is 13.8 Å². The molecular weight excluding hydrogens is 132 g/mol. The summed E-state index contributed by atoms with van der Waals surface area (Å²) in [6.45, 7) is 5.58. The Morgan fingerprint density at radius 3 is 1.80 bits per heavy atom. The molecule has 0 saturated carbocycles. The van der Waals surface area contributed by atoms with Gasteiger partial charge in [0, 0.05) is 13.2 Å². The fourth-order valence-electron chi connectivity index (χ4n) is 0.481. The van der Waals surface area contributed by atoms with Gasteiger partial charge in [0.25, 0.3) is 0 Å². The van der Waals surface area contributed by atoms with Crippen LogP contribution in [0.25, 0.3) is 0 Å². The van der Waals surface area contributed by atoms with Crippen molar-refractivity contribution in [3.63, 3.8) is 0 Å². The fourth-order valence-corrected chi connectivity index (χ4v) is 0.481. The Labute approximate surface area is 62.0 Å². The molecule has 0 amide bonds. The number of aliphatic hydroxyl groups excluding tert-OH is 1. The Morgan fingerprint density at radius 2 is 1.50 bits per heavy atom. The lowest BCUT2D eigenvalue weighted by Crippen LogP contribution is -2.13. The first-order chi connectivity index (χ1) is 4.81. The predicted molar refractivity (Wildman–Crippen MR) is 38.2 cm³/mol. The Balaban J connectivity index is 3.00. The number of ether oxygens (including phenoxy) is 2. The number of hydrogen-bond acceptors (Lipinski definition) is 3. The van der Waals surface area contributed by atoms with Gasteiger partial charge in [-0.15, -0.1) is 0 Å². The molecule has 0 atom stereocenters. The van der Waals surface area contributed by atoms with Gasteiger partial charge >= 0.3 is 0 Å². The second-order valence-corrected chi connectivity index (χ2v) is 1.84. The largest absolute Gasteiger partial charge is 0.382 e. The first-order valence-corrected chi connectivity index (χ1v) is 3.50. The van der Waals surface area contributed by atoms with Crippen LogP contribution in [0, 0.1) is 6.10 Å². The second kappa shape index (κ2) is 6.99. The van der Waals surface area contributed by atoms with Crippen molar-refractivity contribution in [3.8, 4) is 0 Å². The van der Waals surface area contributed by atoms with Crippen molar-refractivity contribution in [2.75, 3.05) is 26.4 Å². The molecule has 3 heteroatoms. The number of aliphatic hydroxyl groups is 1. The fraction of sp³-hybridized carbons (Fsp3) is 0.857. The minimum atomic E-state index is 0.253. The molecule has 0 aliphatic carbocycles. The highest BCUT2D eigenvalue weighted by Crippen LogP contribution is 1.95. The second-order valence-electron chi connectivity index (χ2n) is 1.84. The molecule has 0 aromatic carbocycles. The topological polar surface area (TPSA) is 38.7 Å². The summed E-state index contributed by atoms with van der Waals surface area (Å²) in [5, 5.41) is 8.98. The van der Waals surface area contributed by atoms with Crippen LogP contribution in [0.2, 0.25) is 0 Å². The van der Waals surface area contributed by atoms with Gasteiger partial charge in [-0.3, -0.25) is 0 Å². The van der Waals surface area contributed by atoms with Crippen molar-refractivity contribution < 1.29 is 14.6 Å². The molecule has 1 radical (unpaired) electrons. The van der Waals surface area contributed by atoms with E-state index in [9.17, 15) is 0 Å². The van der Waals surface area contributed by atoms with Crippen LogP contribution in [-0.4, -0.2) is 31.5 Å². The molecule has 0 aliphatic heterocycles. The summed E-state index contributed by atoms with van der Waals surface area (Å²) >= 11 is 0. The molecular formula is C7H15O3. The molecule has 0 heterocycles. The van der Waals surface area contributed by atoms with Crippen molar-refractivity contribution in [2.45, 2.75) is 13.8 Å². The van der Waals surface area contributed by atoms with Crippen LogP contribution in [0.1, 0.15) is 13.8 Å². The SMILES string of the molecule is CCOC[C](O)COCC. The lowest BCUT2D eigenvalue weighted by atomic mass is 10.4. The van der Waals surface area contributed by atoms with Crippen molar-refractivity contribution in [3.05, 3.63) is 6.10 Å². The van der Waals surface area contributed by atoms with Gasteiger partial charge in [0.15, 0.2) is 0 Å². The Hall–Kier alpha value is -0.120. The summed E-state index contributed by atoms with van der Waals surface area (Å²) in [6, 6.07) is 0. The van der Waals surface area contributed by atoms with E-state index >= 15 is 0 Å². The molecule has 0 aromatic rings. The van der Waals surface area contributed by atoms with Crippen LogP contribution >= 0.6 is 0 Å². The predicted octanol–water partition coefficient (Wildman–Crippen LogP) is 0.964. The molecule has 0 rings (SSSR count). The lowest BCUT2D eigenvalue weighted by molar-refractivity contribution is 0.0476. The van der Waals surface area contributed by atoms with E-state index in [1.54, 1.807) is 0 Å². The standard InChI is InChI=1S/C7H15O3/c1-3-9-5-7(8)6-10-4-2/h8H,3-6H2,1-2H3. The van der Waals surface area contributed by atoms with Crippen LogP contribution in [0.3, 0.4) is 0 Å². The molecule has 0 spiro atoms. The van der Waals surface area contributed by atoms with Crippen LogP contribution in [0.15, 0.2) is 0 Å². The third-order valence-electron chi connectivity index (χ3n) is 0.946. The zero-order valence-electron chi connectivity index (χ0n) is 6.59. The molecule has 0 fully saturated rings. The number of rotatable bonds is 6. The van der Waals surface area contributed by atoms with Crippen molar-refractivity contribution in [1.82, 2.24) is 0 Å². The van der Waals surface area contributed by atoms with Gasteiger partial charge in [0.1, 0.15) is 6.10 Å². The highest BCUT2D eigenvalue weighted by atomic mass is 16.5. The van der Waals surface area contributed by atoms with Gasteiger partial charge in [-0.2, -0.15) is 0 Å². The molecule has 3 nitrogen and oxygen atoms in total. The van der Waals surface area contributed by atoms with Crippen molar-refractivity contribution >= 4 is 0 Å². The Kier molecular flexibility index (Phi) is 6.91. The molecule has 0 bridgehead atoms. The monoisotopic (exact) mass is 147 g/mol. The van der Waals surface area contributed by atoms with Crippen LogP contribution in [0.4, 0.5) is 0 Å². The Bertz CT molecular complexity index is 57.9. The van der Waals surface area contributed by atoms with Gasteiger partial charge in [-0.1, -0.05) is 0 Å². The van der Waals surface area contributed by atoms with Gasteiger partial charge in [0.2, 0.25) is 0 Å². The van der Waals surface area contributed by atoms with Crippen molar-refractivity contribution in [1.29, 1.82) is 0 Å². The minimum Gasteiger partial charge on any atom is -0.382 e. The maximum Gasteiger partial charge on any atom is 0.144 e. The zero-order chi connectivity index (χ0) is 7.82. The molecule has 61 valence electrons. The lowest BCUT2D eigenvalue weighted by Gasteiger charge is -2.07. The van der Waals surface area contributed by atoms with Gasteiger partial charge < -0.3 is 14.6 Å². The van der Waals surface area contributed by atoms with Crippen LogP contribution < -0.4 is 0 Å². The van der Waals surface area contributed by atoms with E-state index in [-0.39, 0.29) is 19.3 Å². The van der Waals surface area contributed by atoms with Gasteiger partial charge in [0.05, 0.1) is 13.2 Å². The normalized spacial score (nSPS) is 10.8. The maximum atomic E-state index is 8.98. The Morgan fingerprint density at radius 1 is 1.10 bits per heavy atom. The van der Waals surface area contributed by atoms with E-state index in [2.05, 4.69) is 0 Å². The summed E-state index contributed by atoms with van der Waals surface area (Å²) in [6.07, 6.45) is 0.253. The average Bonchev–Trinajstić information content (AvgIpc) is 1.97. The highest BCUT2D eigenvalue weighted by molar-refractivity contribution is 4.73. The molecule has 10 heavy (non-hydrogen) atoms. The van der Waals surface area contributed by atoms with Gasteiger partial charge in [-0.05, 0) is 13.8 Å². The summed E-state index contributed by atoms with van der Waals surface area (Å²) in [5.74, 6) is 0. The molecule has 1 N–H and O–H groups in total. The van der Waals surface area contributed by atoms with E-state index in [0.29, 0.717) is 13.2 Å². The zero-order valence-corrected chi connectivity index (χ0v) is 6.59. The molecule has 0 aliphatic rings. The maximum absolute atomic E-state index is 8.98. The van der Waals surface area contributed by atoms with E-state index < -0.39 is 0 Å². The third-order valence-corrected chi connectivity index (χ3v) is 0.946. The van der Waals surface area contributed by atoms with E-state index in [0.717, 1.165) is 0 Å². The summed E-state index contributed by atoms with van der Waals surface area (Å²) in [5.41, 5.74) is 0. The van der Waals surface area contributed by atoms with Gasteiger partial charge in [-0.25, -0.2) is 0 Å². The van der Waals surface area contributed by atoms with E-state index in [1.165, 1.54) is 0 Å².